The highest BCUT2D eigenvalue weighted by atomic mass is 19.1. The van der Waals surface area contributed by atoms with Gasteiger partial charge in [0.1, 0.15) is 12.8 Å². The number of hydrogen-bond donors (Lipinski definition) is 3. The maximum atomic E-state index is 17.2. The summed E-state index contributed by atoms with van der Waals surface area (Å²) in [6.45, 7) is 6.99. The van der Waals surface area contributed by atoms with Crippen molar-refractivity contribution in [1.82, 2.24) is 0 Å². The Bertz CT molecular complexity index is 940. The predicted molar refractivity (Wildman–Crippen MR) is 115 cm³/mol. The van der Waals surface area contributed by atoms with Gasteiger partial charge in [-0.3, -0.25) is 9.59 Å². The van der Waals surface area contributed by atoms with E-state index >= 15 is 8.78 Å². The molecule has 4 rings (SSSR count). The summed E-state index contributed by atoms with van der Waals surface area (Å²) < 4.78 is 38.6. The topological polar surface area (TPSA) is 104 Å². The van der Waals surface area contributed by atoms with Crippen molar-refractivity contribution >= 4 is 11.6 Å². The van der Waals surface area contributed by atoms with Crippen molar-refractivity contribution in [1.29, 1.82) is 0 Å². The van der Waals surface area contributed by atoms with Gasteiger partial charge in [0.2, 0.25) is 0 Å². The Morgan fingerprint density at radius 3 is 2.45 bits per heavy atom. The number of alkyl halides is 2. The van der Waals surface area contributed by atoms with Crippen LogP contribution in [0.5, 0.6) is 0 Å². The van der Waals surface area contributed by atoms with Crippen molar-refractivity contribution in [2.45, 2.75) is 83.7 Å². The zero-order chi connectivity index (χ0) is 24.8. The van der Waals surface area contributed by atoms with E-state index in [0.29, 0.717) is 0 Å². The first-order valence-corrected chi connectivity index (χ1v) is 11.6. The fraction of sp³-hybridized carbons (Fsp3) is 0.760. The number of aliphatic hydroxyl groups excluding tert-OH is 2. The first kappa shape index (κ1) is 24.6. The molecule has 0 heterocycles. The zero-order valence-corrected chi connectivity index (χ0v) is 19.8. The van der Waals surface area contributed by atoms with Crippen LogP contribution in [-0.2, 0) is 14.3 Å². The largest absolute Gasteiger partial charge is 0.390 e. The van der Waals surface area contributed by atoms with Crippen LogP contribution < -0.4 is 0 Å². The number of rotatable bonds is 4. The van der Waals surface area contributed by atoms with E-state index in [1.54, 1.807) is 13.8 Å². The quantitative estimate of drug-likeness (QED) is 0.548. The lowest BCUT2D eigenvalue weighted by atomic mass is 9.43. The Hall–Kier alpha value is -1.48. The fourth-order valence-corrected chi connectivity index (χ4v) is 7.60. The second kappa shape index (κ2) is 7.26. The van der Waals surface area contributed by atoms with Crippen molar-refractivity contribution in [3.05, 3.63) is 23.8 Å². The number of carbonyl (C=O) groups is 2. The Kier molecular flexibility index (Phi) is 5.42. The molecule has 0 bridgehead atoms. The van der Waals surface area contributed by atoms with Crippen LogP contribution in [0.15, 0.2) is 23.8 Å². The van der Waals surface area contributed by atoms with Crippen molar-refractivity contribution in [3.63, 3.8) is 0 Å². The van der Waals surface area contributed by atoms with Gasteiger partial charge in [-0.2, -0.15) is 0 Å². The summed E-state index contributed by atoms with van der Waals surface area (Å²) in [5.41, 5.74) is -6.11. The van der Waals surface area contributed by atoms with Gasteiger partial charge >= 0.3 is 0 Å². The minimum Gasteiger partial charge on any atom is -0.390 e. The highest BCUT2D eigenvalue weighted by Gasteiger charge is 2.76. The highest BCUT2D eigenvalue weighted by Crippen LogP contribution is 2.72. The normalized spacial score (nSPS) is 49.2. The van der Waals surface area contributed by atoms with E-state index in [-0.39, 0.29) is 24.8 Å². The van der Waals surface area contributed by atoms with Gasteiger partial charge in [0.15, 0.2) is 23.0 Å². The van der Waals surface area contributed by atoms with Crippen molar-refractivity contribution in [3.8, 4) is 0 Å². The standard InChI is InChI=1S/C25H34F2O6/c1-21(2,32)33-20-10-14-15-9-17(26)16-8-13(29)6-7-22(16,3)25(15,27)18(30)11-23(14,4)24(20,5)19(31)12-28/h6-8,14-15,17-18,20,28,30,32H,9-12H2,1-5H3/t14-,15-,17-,18-,20+,22-,23-,24-,25-/m0/s1. The van der Waals surface area contributed by atoms with Gasteiger partial charge in [-0.25, -0.2) is 8.78 Å². The summed E-state index contributed by atoms with van der Waals surface area (Å²) in [6.07, 6.45) is -0.465. The average Bonchev–Trinajstić information content (AvgIpc) is 2.92. The van der Waals surface area contributed by atoms with Crippen LogP contribution in [0.3, 0.4) is 0 Å². The molecule has 0 aromatic heterocycles. The molecule has 3 fully saturated rings. The van der Waals surface area contributed by atoms with Gasteiger partial charge in [-0.15, -0.1) is 0 Å². The van der Waals surface area contributed by atoms with Crippen LogP contribution in [0, 0.1) is 28.1 Å². The minimum absolute atomic E-state index is 0.0351. The molecule has 0 saturated heterocycles. The average molecular weight is 469 g/mol. The molecule has 8 heteroatoms. The number of fused-ring (bicyclic) bond motifs is 5. The molecular weight excluding hydrogens is 434 g/mol. The Labute approximate surface area is 192 Å². The molecule has 0 unspecified atom stereocenters. The maximum Gasteiger partial charge on any atom is 0.178 e. The molecule has 184 valence electrons. The van der Waals surface area contributed by atoms with E-state index in [2.05, 4.69) is 0 Å². The minimum atomic E-state index is -2.27. The molecule has 9 atom stereocenters. The summed E-state index contributed by atoms with van der Waals surface area (Å²) in [5.74, 6) is -4.07. The molecule has 0 amide bonds. The number of carbonyl (C=O) groups excluding carboxylic acids is 2. The summed E-state index contributed by atoms with van der Waals surface area (Å²) in [6, 6.07) is 0. The number of aliphatic hydroxyl groups is 3. The third-order valence-corrected chi connectivity index (χ3v) is 9.47. The molecule has 0 aromatic rings. The molecule has 4 aliphatic rings. The number of allylic oxidation sites excluding steroid dienone is 4. The third kappa shape index (κ3) is 3.03. The molecule has 4 aliphatic carbocycles. The van der Waals surface area contributed by atoms with E-state index in [9.17, 15) is 24.9 Å². The van der Waals surface area contributed by atoms with E-state index < -0.39 is 76.1 Å². The fourth-order valence-electron chi connectivity index (χ4n) is 7.60. The maximum absolute atomic E-state index is 17.2. The van der Waals surface area contributed by atoms with E-state index in [4.69, 9.17) is 4.74 Å². The SMILES string of the molecule is CC(C)(O)O[C@@H]1C[C@H]2[C@@H]3C[C@H](F)C4=CC(=O)C=C[C@]4(C)[C@@]3(F)[C@@H](O)C[C@]2(C)[C@@]1(C)C(=O)CO. The lowest BCUT2D eigenvalue weighted by Crippen LogP contribution is -2.69. The molecule has 33 heavy (non-hydrogen) atoms. The Morgan fingerprint density at radius 1 is 1.24 bits per heavy atom. The van der Waals surface area contributed by atoms with Crippen LogP contribution in [0.2, 0.25) is 0 Å². The van der Waals surface area contributed by atoms with Crippen LogP contribution in [0.25, 0.3) is 0 Å². The second-order valence-electron chi connectivity index (χ2n) is 11.4. The number of hydrogen-bond acceptors (Lipinski definition) is 6. The Balaban J connectivity index is 1.87. The molecule has 3 saturated carbocycles. The molecular formula is C25H34F2O6. The van der Waals surface area contributed by atoms with Gasteiger partial charge in [0.25, 0.3) is 0 Å². The smallest absolute Gasteiger partial charge is 0.178 e. The van der Waals surface area contributed by atoms with Gasteiger partial charge in [0.05, 0.1) is 17.6 Å². The lowest BCUT2D eigenvalue weighted by molar-refractivity contribution is -0.235. The molecule has 0 radical (unpaired) electrons. The lowest BCUT2D eigenvalue weighted by Gasteiger charge is -2.63. The first-order chi connectivity index (χ1) is 15.1. The highest BCUT2D eigenvalue weighted by molar-refractivity contribution is 6.01. The molecule has 0 aromatic carbocycles. The number of ether oxygens (including phenoxy) is 1. The van der Waals surface area contributed by atoms with Crippen molar-refractivity contribution < 1.29 is 38.4 Å². The van der Waals surface area contributed by atoms with E-state index in [1.165, 1.54) is 32.9 Å². The number of ketones is 2. The summed E-state index contributed by atoms with van der Waals surface area (Å²) in [5, 5.41) is 31.5. The van der Waals surface area contributed by atoms with Crippen LogP contribution >= 0.6 is 0 Å². The summed E-state index contributed by atoms with van der Waals surface area (Å²) in [4.78, 5) is 25.0. The zero-order valence-electron chi connectivity index (χ0n) is 19.8. The molecule has 0 spiro atoms. The van der Waals surface area contributed by atoms with E-state index in [0.717, 1.165) is 6.08 Å². The van der Waals surface area contributed by atoms with Crippen LogP contribution in [-0.4, -0.2) is 63.3 Å². The number of Topliss-reactive ketones (excluding diaryl/α,β-unsaturated/α-hetero) is 1. The third-order valence-electron chi connectivity index (χ3n) is 9.47. The molecule has 3 N–H and O–H groups in total. The van der Waals surface area contributed by atoms with E-state index in [1.807, 2.05) is 0 Å². The number of halogens is 2. The van der Waals surface area contributed by atoms with Gasteiger partial charge in [-0.05, 0) is 76.0 Å². The van der Waals surface area contributed by atoms with Crippen molar-refractivity contribution in [2.75, 3.05) is 6.61 Å². The van der Waals surface area contributed by atoms with Gasteiger partial charge in [-0.1, -0.05) is 13.0 Å². The summed E-state index contributed by atoms with van der Waals surface area (Å²) >= 11 is 0. The predicted octanol–water partition coefficient (Wildman–Crippen LogP) is 2.60. The molecule has 0 aliphatic heterocycles. The van der Waals surface area contributed by atoms with Crippen LogP contribution in [0.4, 0.5) is 8.78 Å². The monoisotopic (exact) mass is 468 g/mol. The Morgan fingerprint density at radius 2 is 1.88 bits per heavy atom. The first-order valence-electron chi connectivity index (χ1n) is 11.6. The van der Waals surface area contributed by atoms with Gasteiger partial charge in [0, 0.05) is 11.3 Å². The summed E-state index contributed by atoms with van der Waals surface area (Å²) in [7, 11) is 0. The molecule has 6 nitrogen and oxygen atoms in total. The second-order valence-corrected chi connectivity index (χ2v) is 11.4. The van der Waals surface area contributed by atoms with Crippen LogP contribution in [0.1, 0.15) is 53.9 Å². The van der Waals surface area contributed by atoms with Crippen molar-refractivity contribution in [2.24, 2.45) is 28.1 Å². The van der Waals surface area contributed by atoms with Gasteiger partial charge < -0.3 is 20.1 Å².